The summed E-state index contributed by atoms with van der Waals surface area (Å²) >= 11 is 11.7. The van der Waals surface area contributed by atoms with Crippen molar-refractivity contribution in [1.29, 1.82) is 0 Å². The Hall–Kier alpha value is -1.38. The molecule has 1 aromatic carbocycles. The van der Waals surface area contributed by atoms with Gasteiger partial charge in [-0.2, -0.15) is 13.2 Å². The van der Waals surface area contributed by atoms with Crippen LogP contribution in [0.3, 0.4) is 0 Å². The summed E-state index contributed by atoms with van der Waals surface area (Å²) in [6.07, 6.45) is -4.75. The number of H-pyrrole nitrogens is 1. The largest absolute Gasteiger partial charge is 0.433 e. The maximum absolute atomic E-state index is 12.6. The van der Waals surface area contributed by atoms with Crippen LogP contribution >= 0.6 is 23.2 Å². The van der Waals surface area contributed by atoms with Gasteiger partial charge in [-0.3, -0.25) is 9.00 Å². The number of alkyl halides is 3. The molecular formula is C13H9Cl2F3N2O2S. The molecule has 0 unspecified atom stereocenters. The molecule has 0 aliphatic carbocycles. The number of halogens is 5. The fourth-order valence-corrected chi connectivity index (χ4v) is 3.43. The third kappa shape index (κ3) is 5.05. The Morgan fingerprint density at radius 1 is 1.17 bits per heavy atom. The molecule has 0 bridgehead atoms. The number of nitrogens with one attached hydrogen (secondary N) is 1. The van der Waals surface area contributed by atoms with Gasteiger partial charge in [-0.05, 0) is 17.7 Å². The predicted octanol–water partition coefficient (Wildman–Crippen LogP) is 3.54. The number of benzene rings is 1. The number of hydrogen-bond acceptors (Lipinski definition) is 3. The summed E-state index contributed by atoms with van der Waals surface area (Å²) in [6.45, 7) is 0. The van der Waals surface area contributed by atoms with E-state index in [9.17, 15) is 22.2 Å². The first kappa shape index (κ1) is 18.0. The third-order valence-electron chi connectivity index (χ3n) is 2.71. The van der Waals surface area contributed by atoms with Crippen LogP contribution < -0.4 is 5.56 Å². The number of rotatable bonds is 4. The summed E-state index contributed by atoms with van der Waals surface area (Å²) in [4.78, 5) is 16.7. The van der Waals surface area contributed by atoms with E-state index in [1.54, 1.807) is 12.1 Å². The molecule has 10 heteroatoms. The van der Waals surface area contributed by atoms with Gasteiger partial charge in [-0.15, -0.1) is 0 Å². The summed E-state index contributed by atoms with van der Waals surface area (Å²) < 4.78 is 49.9. The number of aromatic nitrogens is 2. The van der Waals surface area contributed by atoms with Crippen molar-refractivity contribution < 1.29 is 17.4 Å². The van der Waals surface area contributed by atoms with Gasteiger partial charge < -0.3 is 4.98 Å². The molecule has 23 heavy (non-hydrogen) atoms. The van der Waals surface area contributed by atoms with Gasteiger partial charge in [0.15, 0.2) is 5.69 Å². The minimum absolute atomic E-state index is 0.00401. The van der Waals surface area contributed by atoms with Gasteiger partial charge in [-0.25, -0.2) is 4.98 Å². The molecule has 1 heterocycles. The molecule has 1 aromatic heterocycles. The lowest BCUT2D eigenvalue weighted by Gasteiger charge is -2.08. The number of aromatic amines is 1. The van der Waals surface area contributed by atoms with Gasteiger partial charge in [0.2, 0.25) is 0 Å². The topological polar surface area (TPSA) is 62.8 Å². The molecule has 124 valence electrons. The molecule has 0 amide bonds. The highest BCUT2D eigenvalue weighted by atomic mass is 35.5. The van der Waals surface area contributed by atoms with Crippen LogP contribution in [0.5, 0.6) is 0 Å². The highest BCUT2D eigenvalue weighted by Crippen LogP contribution is 2.26. The van der Waals surface area contributed by atoms with Crippen molar-refractivity contribution in [2.24, 2.45) is 0 Å². The molecule has 4 nitrogen and oxygen atoms in total. The molecule has 2 aromatic rings. The van der Waals surface area contributed by atoms with E-state index in [1.807, 2.05) is 0 Å². The van der Waals surface area contributed by atoms with Crippen molar-refractivity contribution in [2.75, 3.05) is 0 Å². The maximum Gasteiger partial charge on any atom is 0.433 e. The first-order valence-corrected chi connectivity index (χ1v) is 8.36. The fourth-order valence-electron chi connectivity index (χ4n) is 1.74. The summed E-state index contributed by atoms with van der Waals surface area (Å²) in [7, 11) is -1.61. The highest BCUT2D eigenvalue weighted by molar-refractivity contribution is 7.83. The lowest BCUT2D eigenvalue weighted by atomic mass is 10.2. The fraction of sp³-hybridized carbons (Fsp3) is 0.231. The molecule has 0 saturated heterocycles. The van der Waals surface area contributed by atoms with Crippen LogP contribution in [0, 0.1) is 0 Å². The normalized spacial score (nSPS) is 13.1. The summed E-state index contributed by atoms with van der Waals surface area (Å²) in [5.74, 6) is -0.637. The molecule has 2 rings (SSSR count). The molecule has 0 spiro atoms. The monoisotopic (exact) mass is 384 g/mol. The number of hydrogen-bond donors (Lipinski definition) is 1. The van der Waals surface area contributed by atoms with Crippen LogP contribution in [-0.2, 0) is 28.5 Å². The van der Waals surface area contributed by atoms with E-state index in [4.69, 9.17) is 23.2 Å². The Labute approximate surface area is 141 Å². The van der Waals surface area contributed by atoms with Crippen molar-refractivity contribution in [1.82, 2.24) is 9.97 Å². The molecular weight excluding hydrogens is 376 g/mol. The second-order valence-corrected chi connectivity index (χ2v) is 6.84. The highest BCUT2D eigenvalue weighted by Gasteiger charge is 2.33. The summed E-state index contributed by atoms with van der Waals surface area (Å²) in [5, 5.41) is 0.713. The smallest absolute Gasteiger partial charge is 0.310 e. The van der Waals surface area contributed by atoms with E-state index in [0.29, 0.717) is 21.7 Å². The number of nitrogens with zero attached hydrogens (tertiary/aromatic N) is 1. The standard InChI is InChI=1S/C13H9Cl2F3N2O2S/c14-8-2-1-7(9(15)3-8)5-23(22)6-11-19-10(13(16,17)18)4-12(21)20-11/h1-4H,5-6H2,(H,19,20,21)/t23-/m0/s1. The molecule has 0 radical (unpaired) electrons. The van der Waals surface area contributed by atoms with E-state index < -0.39 is 28.2 Å². The minimum Gasteiger partial charge on any atom is -0.310 e. The minimum atomic E-state index is -4.75. The van der Waals surface area contributed by atoms with E-state index in [2.05, 4.69) is 9.97 Å². The van der Waals surface area contributed by atoms with Crippen molar-refractivity contribution >= 4 is 34.0 Å². The van der Waals surface area contributed by atoms with E-state index in [-0.39, 0.29) is 17.3 Å². The average Bonchev–Trinajstić information content (AvgIpc) is 2.40. The molecule has 0 aliphatic heterocycles. The zero-order valence-electron chi connectivity index (χ0n) is 11.3. The van der Waals surface area contributed by atoms with Crippen LogP contribution in [0.4, 0.5) is 13.2 Å². The Morgan fingerprint density at radius 2 is 1.87 bits per heavy atom. The molecule has 0 saturated carbocycles. The van der Waals surface area contributed by atoms with Gasteiger partial charge >= 0.3 is 6.18 Å². The first-order chi connectivity index (χ1) is 10.6. The Balaban J connectivity index is 2.17. The van der Waals surface area contributed by atoms with Crippen molar-refractivity contribution in [3.05, 3.63) is 61.7 Å². The van der Waals surface area contributed by atoms with Crippen LogP contribution in [0.2, 0.25) is 10.0 Å². The van der Waals surface area contributed by atoms with Crippen LogP contribution in [-0.4, -0.2) is 14.2 Å². The lowest BCUT2D eigenvalue weighted by Crippen LogP contribution is -2.19. The van der Waals surface area contributed by atoms with Gasteiger partial charge in [0.05, 0.1) is 11.5 Å². The average molecular weight is 385 g/mol. The lowest BCUT2D eigenvalue weighted by molar-refractivity contribution is -0.141. The molecule has 0 fully saturated rings. The van der Waals surface area contributed by atoms with Crippen LogP contribution in [0.1, 0.15) is 17.1 Å². The summed E-state index contributed by atoms with van der Waals surface area (Å²) in [6, 6.07) is 4.96. The zero-order valence-corrected chi connectivity index (χ0v) is 13.6. The SMILES string of the molecule is O=c1cc(C(F)(F)F)nc(C[S@@](=O)Cc2ccc(Cl)cc2Cl)[nH]1. The van der Waals surface area contributed by atoms with Gasteiger partial charge in [0, 0.05) is 26.9 Å². The molecule has 1 atom stereocenters. The van der Waals surface area contributed by atoms with Crippen molar-refractivity contribution in [3.8, 4) is 0 Å². The van der Waals surface area contributed by atoms with Gasteiger partial charge in [0.25, 0.3) is 5.56 Å². The molecule has 0 aliphatic rings. The second-order valence-electron chi connectivity index (χ2n) is 4.54. The quantitative estimate of drug-likeness (QED) is 0.876. The predicted molar refractivity (Wildman–Crippen MR) is 81.9 cm³/mol. The van der Waals surface area contributed by atoms with Gasteiger partial charge in [-0.1, -0.05) is 29.3 Å². The van der Waals surface area contributed by atoms with Crippen LogP contribution in [0.25, 0.3) is 0 Å². The van der Waals surface area contributed by atoms with Gasteiger partial charge in [0.1, 0.15) is 5.82 Å². The Bertz CT molecular complexity index is 809. The second kappa shape index (κ2) is 7.02. The Morgan fingerprint density at radius 3 is 2.48 bits per heavy atom. The zero-order chi connectivity index (χ0) is 17.2. The van der Waals surface area contributed by atoms with E-state index in [1.165, 1.54) is 6.07 Å². The van der Waals surface area contributed by atoms with Crippen LogP contribution in [0.15, 0.2) is 29.1 Å². The summed E-state index contributed by atoms with van der Waals surface area (Å²) in [5.41, 5.74) is -1.75. The van der Waals surface area contributed by atoms with E-state index >= 15 is 0 Å². The van der Waals surface area contributed by atoms with Crippen molar-refractivity contribution in [3.63, 3.8) is 0 Å². The third-order valence-corrected chi connectivity index (χ3v) is 4.53. The van der Waals surface area contributed by atoms with Crippen molar-refractivity contribution in [2.45, 2.75) is 17.7 Å². The maximum atomic E-state index is 12.6. The molecule has 1 N–H and O–H groups in total. The Kier molecular flexibility index (Phi) is 5.49. The van der Waals surface area contributed by atoms with E-state index in [0.717, 1.165) is 0 Å². The first-order valence-electron chi connectivity index (χ1n) is 6.11.